The van der Waals surface area contributed by atoms with Gasteiger partial charge in [-0.1, -0.05) is 48.0 Å². The van der Waals surface area contributed by atoms with E-state index in [1.54, 1.807) is 13.3 Å². The zero-order chi connectivity index (χ0) is 20.9. The first kappa shape index (κ1) is 20.5. The molecule has 5 nitrogen and oxygen atoms in total. The van der Waals surface area contributed by atoms with E-state index in [1.807, 2.05) is 53.4 Å². The number of oxazole rings is 1. The molecule has 1 atom stereocenters. The van der Waals surface area contributed by atoms with Crippen LogP contribution < -0.4 is 4.74 Å². The van der Waals surface area contributed by atoms with Crippen LogP contribution in [0.25, 0.3) is 0 Å². The predicted molar refractivity (Wildman–Crippen MR) is 116 cm³/mol. The lowest BCUT2D eigenvalue weighted by molar-refractivity contribution is -0.131. The molecule has 1 amide bonds. The van der Waals surface area contributed by atoms with Crippen molar-refractivity contribution in [2.75, 3.05) is 20.2 Å². The number of amides is 1. The molecule has 1 fully saturated rings. The van der Waals surface area contributed by atoms with Crippen molar-refractivity contribution < 1.29 is 13.9 Å². The van der Waals surface area contributed by atoms with Crippen molar-refractivity contribution in [2.24, 2.45) is 0 Å². The van der Waals surface area contributed by atoms with E-state index in [1.165, 1.54) is 0 Å². The first-order valence-electron chi connectivity index (χ1n) is 10.2. The third-order valence-corrected chi connectivity index (χ3v) is 5.92. The van der Waals surface area contributed by atoms with Crippen LogP contribution in [-0.4, -0.2) is 36.0 Å². The van der Waals surface area contributed by atoms with Crippen LogP contribution in [0, 0.1) is 0 Å². The molecule has 156 valence electrons. The molecule has 6 heteroatoms. The smallest absolute Gasteiger partial charge is 0.227 e. The number of carbonyl (C=O) groups excluding carboxylic acids is 1. The van der Waals surface area contributed by atoms with E-state index in [0.717, 1.165) is 47.0 Å². The summed E-state index contributed by atoms with van der Waals surface area (Å²) in [6, 6.07) is 15.4. The standard InChI is InChI=1S/C24H25ClN2O3/c1-29-22-11-5-3-8-18(22)14-23(28)27-12-6-9-19(16-27)24-26-15-20(30-24)13-17-7-2-4-10-21(17)25/h2-5,7-8,10-11,15,19H,6,9,12-14,16H2,1H3. The van der Waals surface area contributed by atoms with E-state index in [9.17, 15) is 4.79 Å². The number of hydrogen-bond donors (Lipinski definition) is 0. The zero-order valence-corrected chi connectivity index (χ0v) is 17.8. The molecule has 0 bridgehead atoms. The summed E-state index contributed by atoms with van der Waals surface area (Å²) < 4.78 is 11.4. The van der Waals surface area contributed by atoms with Gasteiger partial charge in [-0.25, -0.2) is 4.98 Å². The maximum absolute atomic E-state index is 12.9. The van der Waals surface area contributed by atoms with Crippen LogP contribution in [0.4, 0.5) is 0 Å². The molecular formula is C24H25ClN2O3. The van der Waals surface area contributed by atoms with Gasteiger partial charge in [0.2, 0.25) is 5.91 Å². The van der Waals surface area contributed by atoms with Gasteiger partial charge in [0.05, 0.1) is 25.6 Å². The highest BCUT2D eigenvalue weighted by Gasteiger charge is 2.28. The number of carbonyl (C=O) groups is 1. The van der Waals surface area contributed by atoms with Gasteiger partial charge in [0.15, 0.2) is 5.89 Å². The molecule has 3 aromatic rings. The van der Waals surface area contributed by atoms with Crippen LogP contribution in [0.15, 0.2) is 59.1 Å². The summed E-state index contributed by atoms with van der Waals surface area (Å²) in [7, 11) is 1.63. The number of aromatic nitrogens is 1. The zero-order valence-electron chi connectivity index (χ0n) is 17.0. The molecule has 2 heterocycles. The largest absolute Gasteiger partial charge is 0.496 e. The minimum Gasteiger partial charge on any atom is -0.496 e. The van der Waals surface area contributed by atoms with E-state index in [4.69, 9.17) is 20.8 Å². The number of hydrogen-bond acceptors (Lipinski definition) is 4. The van der Waals surface area contributed by atoms with Crippen LogP contribution in [0.5, 0.6) is 5.75 Å². The minimum absolute atomic E-state index is 0.104. The molecule has 1 unspecified atom stereocenters. The summed E-state index contributed by atoms with van der Waals surface area (Å²) in [6.07, 6.45) is 4.61. The number of benzene rings is 2. The van der Waals surface area contributed by atoms with Gasteiger partial charge in [-0.15, -0.1) is 0 Å². The molecule has 1 aromatic heterocycles. The monoisotopic (exact) mass is 424 g/mol. The van der Waals surface area contributed by atoms with Gasteiger partial charge >= 0.3 is 0 Å². The third kappa shape index (κ3) is 4.68. The van der Waals surface area contributed by atoms with Gasteiger partial charge in [0, 0.05) is 30.1 Å². The van der Waals surface area contributed by atoms with Crippen molar-refractivity contribution in [1.82, 2.24) is 9.88 Å². The maximum Gasteiger partial charge on any atom is 0.227 e. The first-order chi connectivity index (χ1) is 14.6. The molecule has 0 aliphatic carbocycles. The number of rotatable bonds is 6. The molecule has 1 aliphatic heterocycles. The lowest BCUT2D eigenvalue weighted by atomic mass is 9.97. The summed E-state index contributed by atoms with van der Waals surface area (Å²) in [5, 5.41) is 0.723. The molecule has 1 saturated heterocycles. The van der Waals surface area contributed by atoms with Gasteiger partial charge < -0.3 is 14.1 Å². The minimum atomic E-state index is 0.104. The van der Waals surface area contributed by atoms with Crippen LogP contribution >= 0.6 is 11.6 Å². The molecular weight excluding hydrogens is 400 g/mol. The van der Waals surface area contributed by atoms with Crippen molar-refractivity contribution >= 4 is 17.5 Å². The number of ether oxygens (including phenoxy) is 1. The Balaban J connectivity index is 1.41. The van der Waals surface area contributed by atoms with Crippen LogP contribution in [0.3, 0.4) is 0 Å². The second kappa shape index (κ2) is 9.35. The highest BCUT2D eigenvalue weighted by atomic mass is 35.5. The summed E-state index contributed by atoms with van der Waals surface area (Å²) in [5.74, 6) is 2.45. The topological polar surface area (TPSA) is 55.6 Å². The number of nitrogens with zero attached hydrogens (tertiary/aromatic N) is 2. The average Bonchev–Trinajstić information content (AvgIpc) is 3.24. The lowest BCUT2D eigenvalue weighted by Crippen LogP contribution is -2.40. The predicted octanol–water partition coefficient (Wildman–Crippen LogP) is 4.88. The number of para-hydroxylation sites is 1. The number of piperidine rings is 1. The lowest BCUT2D eigenvalue weighted by Gasteiger charge is -2.31. The Hall–Kier alpha value is -2.79. The number of halogens is 1. The Morgan fingerprint density at radius 1 is 1.20 bits per heavy atom. The van der Waals surface area contributed by atoms with Gasteiger partial charge in [-0.2, -0.15) is 0 Å². The van der Waals surface area contributed by atoms with Gasteiger partial charge in [0.25, 0.3) is 0 Å². The van der Waals surface area contributed by atoms with E-state index >= 15 is 0 Å². The summed E-state index contributed by atoms with van der Waals surface area (Å²) >= 11 is 6.26. The van der Waals surface area contributed by atoms with E-state index in [0.29, 0.717) is 25.3 Å². The molecule has 0 N–H and O–H groups in total. The summed E-state index contributed by atoms with van der Waals surface area (Å²) in [6.45, 7) is 1.39. The van der Waals surface area contributed by atoms with Crippen molar-refractivity contribution in [3.8, 4) is 5.75 Å². The average molecular weight is 425 g/mol. The van der Waals surface area contributed by atoms with E-state index in [2.05, 4.69) is 4.98 Å². The molecule has 2 aromatic carbocycles. The molecule has 30 heavy (non-hydrogen) atoms. The Bertz CT molecular complexity index is 1020. The summed E-state index contributed by atoms with van der Waals surface area (Å²) in [5.41, 5.74) is 1.92. The van der Waals surface area contributed by atoms with Crippen LogP contribution in [-0.2, 0) is 17.6 Å². The van der Waals surface area contributed by atoms with Crippen LogP contribution in [0.2, 0.25) is 5.02 Å². The second-order valence-electron chi connectivity index (χ2n) is 7.60. The Labute approximate surface area is 181 Å². The van der Waals surface area contributed by atoms with Gasteiger partial charge in [-0.3, -0.25) is 4.79 Å². The maximum atomic E-state index is 12.9. The van der Waals surface area contributed by atoms with Crippen molar-refractivity contribution in [2.45, 2.75) is 31.6 Å². The van der Waals surface area contributed by atoms with Crippen molar-refractivity contribution in [3.05, 3.63) is 82.5 Å². The Kier molecular flexibility index (Phi) is 6.38. The fraction of sp³-hybridized carbons (Fsp3) is 0.333. The van der Waals surface area contributed by atoms with E-state index in [-0.39, 0.29) is 11.8 Å². The Morgan fingerprint density at radius 2 is 1.97 bits per heavy atom. The fourth-order valence-electron chi connectivity index (χ4n) is 3.95. The van der Waals surface area contributed by atoms with Crippen LogP contribution in [0.1, 0.15) is 41.5 Å². The highest BCUT2D eigenvalue weighted by molar-refractivity contribution is 6.31. The summed E-state index contributed by atoms with van der Waals surface area (Å²) in [4.78, 5) is 19.3. The van der Waals surface area contributed by atoms with Gasteiger partial charge in [-0.05, 0) is 30.5 Å². The normalized spacial score (nSPS) is 16.5. The quantitative estimate of drug-likeness (QED) is 0.566. The number of methoxy groups -OCH3 is 1. The second-order valence-corrected chi connectivity index (χ2v) is 8.01. The molecule has 1 aliphatic rings. The first-order valence-corrected chi connectivity index (χ1v) is 10.6. The van der Waals surface area contributed by atoms with Crippen molar-refractivity contribution in [3.63, 3.8) is 0 Å². The van der Waals surface area contributed by atoms with Crippen molar-refractivity contribution in [1.29, 1.82) is 0 Å². The Morgan fingerprint density at radius 3 is 2.77 bits per heavy atom. The molecule has 0 radical (unpaired) electrons. The van der Waals surface area contributed by atoms with E-state index < -0.39 is 0 Å². The third-order valence-electron chi connectivity index (χ3n) is 5.55. The fourth-order valence-corrected chi connectivity index (χ4v) is 4.15. The van der Waals surface area contributed by atoms with Gasteiger partial charge in [0.1, 0.15) is 11.5 Å². The molecule has 0 spiro atoms. The number of likely N-dealkylation sites (tertiary alicyclic amines) is 1. The molecule has 4 rings (SSSR count). The SMILES string of the molecule is COc1ccccc1CC(=O)N1CCCC(c2ncc(Cc3ccccc3Cl)o2)C1. The highest BCUT2D eigenvalue weighted by Crippen LogP contribution is 2.29. The molecule has 0 saturated carbocycles.